The van der Waals surface area contributed by atoms with Crippen LogP contribution in [0.5, 0.6) is 0 Å². The zero-order valence-corrected chi connectivity index (χ0v) is 25.0. The molecule has 1 saturated carbocycles. The molecule has 2 N–H and O–H groups in total. The van der Waals surface area contributed by atoms with Crippen LogP contribution in [0, 0.1) is 11.8 Å². The molecule has 1 unspecified atom stereocenters. The Balaban J connectivity index is 1.18. The summed E-state index contributed by atoms with van der Waals surface area (Å²) >= 11 is 0. The fourth-order valence-corrected chi connectivity index (χ4v) is 7.88. The number of nitrogen functional groups attached to an aromatic ring is 1. The number of benzene rings is 1. The monoisotopic (exact) mass is 592 g/mol. The number of alkyl halides is 3. The van der Waals surface area contributed by atoms with Gasteiger partial charge in [0.2, 0.25) is 0 Å². The molecule has 0 bridgehead atoms. The van der Waals surface area contributed by atoms with Crippen LogP contribution >= 0.6 is 0 Å². The van der Waals surface area contributed by atoms with Crippen LogP contribution in [0.25, 0.3) is 0 Å². The lowest BCUT2D eigenvalue weighted by atomic mass is 9.75. The van der Waals surface area contributed by atoms with Gasteiger partial charge in [-0.25, -0.2) is 4.79 Å². The number of piperidine rings is 2. The van der Waals surface area contributed by atoms with Crippen molar-refractivity contribution in [2.75, 3.05) is 45.0 Å². The van der Waals surface area contributed by atoms with Gasteiger partial charge in [0.15, 0.2) is 0 Å². The summed E-state index contributed by atoms with van der Waals surface area (Å²) < 4.78 is 47.1. The Labute approximate surface area is 247 Å². The number of likely N-dealkylation sites (tertiary alicyclic amines) is 2. The molecule has 3 saturated heterocycles. The molecule has 0 radical (unpaired) electrons. The lowest BCUT2D eigenvalue weighted by Gasteiger charge is -2.52. The van der Waals surface area contributed by atoms with E-state index in [1.54, 1.807) is 0 Å². The number of nitrogens with two attached hydrogens (primary N) is 1. The van der Waals surface area contributed by atoms with Crippen LogP contribution in [-0.4, -0.2) is 77.6 Å². The minimum Gasteiger partial charge on any atom is -0.442 e. The maximum absolute atomic E-state index is 13.6. The van der Waals surface area contributed by atoms with Gasteiger partial charge in [0.25, 0.3) is 5.91 Å². The van der Waals surface area contributed by atoms with E-state index in [-0.39, 0.29) is 17.8 Å². The molecule has 1 spiro atoms. The molecule has 5 rings (SSSR count). The smallest absolute Gasteiger partial charge is 0.417 e. The Hall–Kier alpha value is -2.49. The molecule has 1 atom stereocenters. The van der Waals surface area contributed by atoms with Gasteiger partial charge in [-0.2, -0.15) is 13.2 Å². The van der Waals surface area contributed by atoms with Crippen molar-refractivity contribution in [3.8, 4) is 0 Å². The van der Waals surface area contributed by atoms with Crippen molar-refractivity contribution in [2.24, 2.45) is 11.8 Å². The second kappa shape index (κ2) is 13.0. The van der Waals surface area contributed by atoms with Crippen molar-refractivity contribution in [1.29, 1.82) is 0 Å². The molecule has 0 aromatic heterocycles. The molecule has 3 heterocycles. The fraction of sp³-hybridized carbons (Fsp3) is 0.750. The van der Waals surface area contributed by atoms with Crippen LogP contribution in [0.15, 0.2) is 18.2 Å². The second-order valence-corrected chi connectivity index (χ2v) is 13.0. The molecule has 2 amide bonds. The average Bonchev–Trinajstić information content (AvgIpc) is 2.98. The number of hydrogen-bond donors (Lipinski definition) is 1. The SMILES string of the molecule is CCCCC1CN(CC2CCCCC2)C(=O)OC12CCN(C1CCN(C(=O)c3c(N)cccc3C(F)(F)F)CC1)CC2. The van der Waals surface area contributed by atoms with Gasteiger partial charge in [-0.1, -0.05) is 45.1 Å². The number of amides is 2. The molecule has 42 heavy (non-hydrogen) atoms. The van der Waals surface area contributed by atoms with E-state index in [0.29, 0.717) is 37.8 Å². The van der Waals surface area contributed by atoms with Crippen LogP contribution < -0.4 is 5.73 Å². The third-order valence-electron chi connectivity index (χ3n) is 10.4. The second-order valence-electron chi connectivity index (χ2n) is 13.0. The Morgan fingerprint density at radius 3 is 2.38 bits per heavy atom. The number of ether oxygens (including phenoxy) is 1. The number of rotatable bonds is 7. The predicted molar refractivity (Wildman–Crippen MR) is 156 cm³/mol. The third kappa shape index (κ3) is 6.68. The lowest BCUT2D eigenvalue weighted by Crippen LogP contribution is -2.61. The van der Waals surface area contributed by atoms with Gasteiger partial charge in [-0.15, -0.1) is 0 Å². The first-order chi connectivity index (χ1) is 20.1. The topological polar surface area (TPSA) is 79.1 Å². The minimum absolute atomic E-state index is 0.143. The molecule has 3 aliphatic heterocycles. The van der Waals surface area contributed by atoms with E-state index >= 15 is 0 Å². The van der Waals surface area contributed by atoms with Crippen LogP contribution in [0.1, 0.15) is 99.9 Å². The van der Waals surface area contributed by atoms with Crippen LogP contribution in [0.4, 0.5) is 23.7 Å². The predicted octanol–water partition coefficient (Wildman–Crippen LogP) is 6.57. The van der Waals surface area contributed by atoms with Gasteiger partial charge < -0.3 is 20.3 Å². The van der Waals surface area contributed by atoms with Crippen molar-refractivity contribution in [3.05, 3.63) is 29.3 Å². The summed E-state index contributed by atoms with van der Waals surface area (Å²) in [5, 5.41) is 0. The quantitative estimate of drug-likeness (QED) is 0.363. The molecule has 234 valence electrons. The first kappa shape index (κ1) is 31.0. The summed E-state index contributed by atoms with van der Waals surface area (Å²) in [6.07, 6.45) is 7.74. The van der Waals surface area contributed by atoms with E-state index in [0.717, 1.165) is 64.3 Å². The van der Waals surface area contributed by atoms with Gasteiger partial charge in [0.1, 0.15) is 5.60 Å². The first-order valence-corrected chi connectivity index (χ1v) is 16.1. The zero-order valence-electron chi connectivity index (χ0n) is 25.0. The number of carbonyl (C=O) groups excluding carboxylic acids is 2. The van der Waals surface area contributed by atoms with Crippen molar-refractivity contribution in [1.82, 2.24) is 14.7 Å². The summed E-state index contributed by atoms with van der Waals surface area (Å²) in [6, 6.07) is 3.74. The van der Waals surface area contributed by atoms with Crippen molar-refractivity contribution in [2.45, 2.75) is 102 Å². The number of nitrogens with zero attached hydrogens (tertiary/aromatic N) is 3. The summed E-state index contributed by atoms with van der Waals surface area (Å²) in [6.45, 7) is 6.24. The number of unbranched alkanes of at least 4 members (excludes halogenated alkanes) is 1. The molecule has 1 aromatic rings. The molecule has 1 aliphatic carbocycles. The van der Waals surface area contributed by atoms with Crippen molar-refractivity contribution in [3.63, 3.8) is 0 Å². The highest BCUT2D eigenvalue weighted by Crippen LogP contribution is 2.42. The highest BCUT2D eigenvalue weighted by atomic mass is 19.4. The van der Waals surface area contributed by atoms with Crippen molar-refractivity contribution >= 4 is 17.7 Å². The van der Waals surface area contributed by atoms with Crippen LogP contribution in [0.3, 0.4) is 0 Å². The Morgan fingerprint density at radius 1 is 1.05 bits per heavy atom. The van der Waals surface area contributed by atoms with Gasteiger partial charge >= 0.3 is 12.3 Å². The van der Waals surface area contributed by atoms with Gasteiger partial charge in [0.05, 0.1) is 11.1 Å². The maximum Gasteiger partial charge on any atom is 0.417 e. The highest BCUT2D eigenvalue weighted by molar-refractivity contribution is 6.00. The van der Waals surface area contributed by atoms with Crippen LogP contribution in [0.2, 0.25) is 0 Å². The van der Waals surface area contributed by atoms with Crippen LogP contribution in [-0.2, 0) is 10.9 Å². The average molecular weight is 593 g/mol. The summed E-state index contributed by atoms with van der Waals surface area (Å²) in [7, 11) is 0. The third-order valence-corrected chi connectivity index (χ3v) is 10.4. The Morgan fingerprint density at radius 2 is 1.74 bits per heavy atom. The maximum atomic E-state index is 13.6. The van der Waals surface area contributed by atoms with E-state index in [9.17, 15) is 22.8 Å². The lowest BCUT2D eigenvalue weighted by molar-refractivity contribution is -0.138. The molecule has 4 aliphatic rings. The van der Waals surface area contributed by atoms with E-state index in [1.807, 2.05) is 4.90 Å². The van der Waals surface area contributed by atoms with Crippen molar-refractivity contribution < 1.29 is 27.5 Å². The number of halogens is 3. The van der Waals surface area contributed by atoms with Gasteiger partial charge in [0, 0.05) is 69.8 Å². The van der Waals surface area contributed by atoms with E-state index in [2.05, 4.69) is 11.8 Å². The summed E-state index contributed by atoms with van der Waals surface area (Å²) in [4.78, 5) is 32.3. The molecule has 4 fully saturated rings. The molecule has 10 heteroatoms. The standard InChI is InChI=1S/C32H47F3N4O3/c1-2-3-10-24-22-39(21-23-8-5-4-6-9-23)30(41)42-31(24)15-19-37(20-16-31)25-13-17-38(18-14-25)29(40)28-26(32(33,34)35)11-7-12-27(28)36/h7,11-12,23-25H,2-6,8-10,13-22,36H2,1H3. The van der Waals surface area contributed by atoms with Gasteiger partial charge in [-0.3, -0.25) is 9.69 Å². The largest absolute Gasteiger partial charge is 0.442 e. The number of carbonyl (C=O) groups is 2. The van der Waals surface area contributed by atoms with E-state index in [1.165, 1.54) is 49.1 Å². The minimum atomic E-state index is -4.65. The molecular weight excluding hydrogens is 545 g/mol. The number of anilines is 1. The summed E-state index contributed by atoms with van der Waals surface area (Å²) in [5.74, 6) is 0.270. The zero-order chi connectivity index (χ0) is 29.9. The normalized spacial score (nSPS) is 24.7. The molecular formula is C32H47F3N4O3. The van der Waals surface area contributed by atoms with Gasteiger partial charge in [-0.05, 0) is 50.2 Å². The molecule has 1 aromatic carbocycles. The highest BCUT2D eigenvalue weighted by Gasteiger charge is 2.50. The van der Waals surface area contributed by atoms with E-state index < -0.39 is 28.8 Å². The summed E-state index contributed by atoms with van der Waals surface area (Å²) in [5.41, 5.74) is 3.87. The molecule has 7 nitrogen and oxygen atoms in total. The Bertz CT molecular complexity index is 1090. The first-order valence-electron chi connectivity index (χ1n) is 16.1. The Kier molecular flexibility index (Phi) is 9.59. The van der Waals surface area contributed by atoms with E-state index in [4.69, 9.17) is 10.5 Å². The number of hydrogen-bond acceptors (Lipinski definition) is 5. The fourth-order valence-electron chi connectivity index (χ4n) is 7.88.